The molecular weight excluding hydrogens is 460 g/mol. The van der Waals surface area contributed by atoms with Gasteiger partial charge in [0.1, 0.15) is 28.6 Å². The van der Waals surface area contributed by atoms with Gasteiger partial charge in [-0.2, -0.15) is 0 Å². The van der Waals surface area contributed by atoms with Gasteiger partial charge in [-0.05, 0) is 71.1 Å². The molecule has 0 unspecified atom stereocenters. The first-order chi connectivity index (χ1) is 14.5. The van der Waals surface area contributed by atoms with Crippen LogP contribution in [-0.4, -0.2) is 44.0 Å². The molecule has 0 bridgehead atoms. The Morgan fingerprint density at radius 3 is 1.84 bits per heavy atom. The van der Waals surface area contributed by atoms with E-state index in [4.69, 9.17) is 18.0 Å². The Morgan fingerprint density at radius 1 is 0.844 bits per heavy atom. The Hall–Kier alpha value is -2.31. The van der Waals surface area contributed by atoms with E-state index in [1.54, 1.807) is 12.1 Å². The minimum atomic E-state index is -2.13. The molecule has 1 aliphatic rings. The van der Waals surface area contributed by atoms with Gasteiger partial charge in [0, 0.05) is 17.7 Å². The second-order valence-electron chi connectivity index (χ2n) is 10.4. The number of carbonyl (C=O) groups excluding carboxylic acids is 2. The zero-order valence-electron chi connectivity index (χ0n) is 20.7. The first-order valence-corrected chi connectivity index (χ1v) is 20.7. The van der Waals surface area contributed by atoms with Crippen molar-refractivity contribution in [3.05, 3.63) is 35.6 Å². The fraction of sp³-hybridized carbons (Fsp3) is 0.455. The van der Waals surface area contributed by atoms with Gasteiger partial charge in [0.25, 0.3) is 0 Å². The molecule has 0 saturated heterocycles. The molecule has 0 amide bonds. The van der Waals surface area contributed by atoms with Crippen LogP contribution in [0.1, 0.15) is 5.56 Å². The number of hydrogen-bond donors (Lipinski definition) is 0. The fourth-order valence-electron chi connectivity index (χ4n) is 2.84. The van der Waals surface area contributed by atoms with Crippen molar-refractivity contribution in [2.75, 3.05) is 7.11 Å². The van der Waals surface area contributed by atoms with Gasteiger partial charge in [0.2, 0.25) is 25.0 Å². The van der Waals surface area contributed by atoms with Gasteiger partial charge in [-0.15, -0.1) is 0 Å². The van der Waals surface area contributed by atoms with Crippen LogP contribution in [0.25, 0.3) is 5.57 Å². The highest BCUT2D eigenvalue weighted by atomic mass is 28.4. The average Bonchev–Trinajstić information content (AvgIpc) is 2.89. The van der Waals surface area contributed by atoms with Gasteiger partial charge in [0.15, 0.2) is 0 Å². The van der Waals surface area contributed by atoms with E-state index in [0.29, 0.717) is 22.8 Å². The maximum Gasteiger partial charge on any atom is 0.348 e. The van der Waals surface area contributed by atoms with Crippen LogP contribution in [0.5, 0.6) is 17.2 Å². The van der Waals surface area contributed by atoms with Gasteiger partial charge in [-0.25, -0.2) is 9.59 Å². The van der Waals surface area contributed by atoms with Crippen molar-refractivity contribution in [1.82, 2.24) is 0 Å². The molecule has 1 heterocycles. The summed E-state index contributed by atoms with van der Waals surface area (Å²) in [6.45, 7) is 18.4. The van der Waals surface area contributed by atoms with Crippen LogP contribution in [0.4, 0.5) is 0 Å². The standard InChI is InChI=1S/C22H34O7Si3/c1-25-20(23)12-11-16(27-30(2,3)4)21-15-13-18(28-31(5,6)7)19(29-32(8,9)10)14-17(15)26-22(21)24/h11-14H,1-10H3/b12-11-,21-16-. The second kappa shape index (κ2) is 9.28. The van der Waals surface area contributed by atoms with Crippen molar-refractivity contribution in [1.29, 1.82) is 0 Å². The largest absolute Gasteiger partial charge is 0.544 e. The van der Waals surface area contributed by atoms with Crippen LogP contribution in [0.2, 0.25) is 58.9 Å². The Labute approximate surface area is 193 Å². The van der Waals surface area contributed by atoms with E-state index in [1.165, 1.54) is 19.3 Å². The number of rotatable bonds is 8. The molecule has 0 fully saturated rings. The van der Waals surface area contributed by atoms with Crippen LogP contribution < -0.4 is 13.6 Å². The zero-order valence-corrected chi connectivity index (χ0v) is 23.7. The molecule has 176 valence electrons. The summed E-state index contributed by atoms with van der Waals surface area (Å²) in [4.78, 5) is 24.6. The maximum absolute atomic E-state index is 12.9. The van der Waals surface area contributed by atoms with Gasteiger partial charge in [0.05, 0.1) is 7.11 Å². The van der Waals surface area contributed by atoms with Gasteiger partial charge in [-0.1, -0.05) is 0 Å². The minimum absolute atomic E-state index is 0.252. The first kappa shape index (κ1) is 25.9. The SMILES string of the molecule is COC(=O)/C=C\C(O[Si](C)(C)C)=C1\C(=O)Oc2cc(O[Si](C)(C)C)c(O[Si](C)(C)C)cc21. The third-order valence-corrected chi connectivity index (χ3v) is 6.29. The van der Waals surface area contributed by atoms with Crippen LogP contribution in [0.15, 0.2) is 30.0 Å². The number of fused-ring (bicyclic) bond motifs is 1. The summed E-state index contributed by atoms with van der Waals surface area (Å²) in [6, 6.07) is 3.49. The van der Waals surface area contributed by atoms with Crippen molar-refractivity contribution in [3.8, 4) is 17.2 Å². The highest BCUT2D eigenvalue weighted by molar-refractivity contribution is 6.71. The van der Waals surface area contributed by atoms with Gasteiger partial charge in [-0.3, -0.25) is 0 Å². The summed E-state index contributed by atoms with van der Waals surface area (Å²) in [7, 11) is -4.77. The van der Waals surface area contributed by atoms with Crippen molar-refractivity contribution >= 4 is 42.5 Å². The van der Waals surface area contributed by atoms with Gasteiger partial charge < -0.3 is 22.8 Å². The van der Waals surface area contributed by atoms with E-state index in [-0.39, 0.29) is 11.3 Å². The third-order valence-electron chi connectivity index (χ3n) is 3.79. The van der Waals surface area contributed by atoms with Crippen LogP contribution >= 0.6 is 0 Å². The fourth-order valence-corrected chi connectivity index (χ4v) is 5.31. The Balaban J connectivity index is 2.72. The van der Waals surface area contributed by atoms with E-state index >= 15 is 0 Å². The van der Waals surface area contributed by atoms with Crippen molar-refractivity contribution in [2.45, 2.75) is 58.9 Å². The van der Waals surface area contributed by atoms with Crippen molar-refractivity contribution in [3.63, 3.8) is 0 Å². The minimum Gasteiger partial charge on any atom is -0.544 e. The van der Waals surface area contributed by atoms with E-state index in [1.807, 2.05) is 19.6 Å². The summed E-state index contributed by atoms with van der Waals surface area (Å²) in [5, 5.41) is 0. The molecule has 0 aliphatic carbocycles. The van der Waals surface area contributed by atoms with E-state index in [0.717, 1.165) is 0 Å². The molecule has 0 atom stereocenters. The van der Waals surface area contributed by atoms with Gasteiger partial charge >= 0.3 is 11.9 Å². The Morgan fingerprint density at radius 2 is 1.38 bits per heavy atom. The highest BCUT2D eigenvalue weighted by Gasteiger charge is 2.35. The van der Waals surface area contributed by atoms with E-state index in [2.05, 4.69) is 44.0 Å². The van der Waals surface area contributed by atoms with Crippen LogP contribution in [0, 0.1) is 0 Å². The summed E-state index contributed by atoms with van der Waals surface area (Å²) in [5.41, 5.74) is 0.802. The summed E-state index contributed by atoms with van der Waals surface area (Å²) < 4.78 is 29.0. The summed E-state index contributed by atoms with van der Waals surface area (Å²) in [5.74, 6) is 0.699. The number of ether oxygens (including phenoxy) is 2. The van der Waals surface area contributed by atoms with Crippen LogP contribution in [0.3, 0.4) is 0 Å². The molecule has 2 rings (SSSR count). The lowest BCUT2D eigenvalue weighted by Gasteiger charge is -2.26. The number of allylic oxidation sites excluding steroid dienone is 1. The monoisotopic (exact) mass is 494 g/mol. The number of benzene rings is 1. The summed E-state index contributed by atoms with van der Waals surface area (Å²) in [6.07, 6.45) is 2.69. The molecule has 1 aromatic carbocycles. The Bertz CT molecular complexity index is 961. The first-order valence-electron chi connectivity index (χ1n) is 10.5. The molecule has 0 radical (unpaired) electrons. The normalized spacial score (nSPS) is 15.9. The van der Waals surface area contributed by atoms with Crippen LogP contribution in [-0.2, 0) is 18.8 Å². The lowest BCUT2D eigenvalue weighted by molar-refractivity contribution is -0.135. The maximum atomic E-state index is 12.9. The molecule has 0 spiro atoms. The molecule has 0 N–H and O–H groups in total. The topological polar surface area (TPSA) is 80.3 Å². The molecule has 7 nitrogen and oxygen atoms in total. The summed E-state index contributed by atoms with van der Waals surface area (Å²) >= 11 is 0. The smallest absolute Gasteiger partial charge is 0.348 e. The lowest BCUT2D eigenvalue weighted by Crippen LogP contribution is -2.32. The molecule has 0 aromatic heterocycles. The predicted molar refractivity (Wildman–Crippen MR) is 133 cm³/mol. The van der Waals surface area contributed by atoms with E-state index < -0.39 is 36.9 Å². The predicted octanol–water partition coefficient (Wildman–Crippen LogP) is 5.32. The third kappa shape index (κ3) is 7.38. The molecule has 10 heteroatoms. The number of carbonyl (C=O) groups is 2. The highest BCUT2D eigenvalue weighted by Crippen LogP contribution is 2.45. The number of hydrogen-bond acceptors (Lipinski definition) is 7. The molecule has 0 saturated carbocycles. The molecular formula is C22H34O7Si3. The lowest BCUT2D eigenvalue weighted by atomic mass is 10.0. The number of esters is 2. The quantitative estimate of drug-likeness (QED) is 0.159. The Kier molecular flexibility index (Phi) is 7.52. The second-order valence-corrected chi connectivity index (χ2v) is 23.7. The molecule has 32 heavy (non-hydrogen) atoms. The van der Waals surface area contributed by atoms with E-state index in [9.17, 15) is 9.59 Å². The number of methoxy groups -OCH3 is 1. The molecule has 1 aliphatic heterocycles. The van der Waals surface area contributed by atoms with Crippen molar-refractivity contribution in [2.24, 2.45) is 0 Å². The average molecular weight is 495 g/mol. The zero-order chi connectivity index (χ0) is 24.5. The van der Waals surface area contributed by atoms with Crippen molar-refractivity contribution < 1.29 is 32.3 Å². The molecule has 1 aromatic rings.